The first-order chi connectivity index (χ1) is 8.79. The van der Waals surface area contributed by atoms with Crippen molar-refractivity contribution in [1.82, 2.24) is 9.78 Å². The van der Waals surface area contributed by atoms with Crippen LogP contribution in [0.1, 0.15) is 25.3 Å². The molecule has 96 valence electrons. The molecule has 5 heteroatoms. The fourth-order valence-corrected chi connectivity index (χ4v) is 2.43. The fourth-order valence-electron chi connectivity index (χ4n) is 1.73. The first-order valence-corrected chi connectivity index (χ1v) is 7.06. The third-order valence-electron chi connectivity index (χ3n) is 2.64. The summed E-state index contributed by atoms with van der Waals surface area (Å²) in [5.74, 6) is 0.825. The van der Waals surface area contributed by atoms with E-state index in [1.54, 1.807) is 17.5 Å². The van der Waals surface area contributed by atoms with Crippen LogP contribution in [0.2, 0.25) is 0 Å². The van der Waals surface area contributed by atoms with Crippen molar-refractivity contribution in [1.29, 1.82) is 0 Å². The molecular formula is C13H17N3OS. The molecule has 4 nitrogen and oxygen atoms in total. The molecule has 0 saturated heterocycles. The second-order valence-corrected chi connectivity index (χ2v) is 4.90. The number of thiophene rings is 1. The van der Waals surface area contributed by atoms with Crippen molar-refractivity contribution in [2.45, 2.75) is 32.7 Å². The third kappa shape index (κ3) is 3.43. The van der Waals surface area contributed by atoms with Crippen LogP contribution >= 0.6 is 11.3 Å². The van der Waals surface area contributed by atoms with E-state index < -0.39 is 0 Å². The zero-order chi connectivity index (χ0) is 12.8. The van der Waals surface area contributed by atoms with E-state index in [-0.39, 0.29) is 5.91 Å². The number of nitrogens with one attached hydrogen (secondary N) is 1. The Hall–Kier alpha value is -1.62. The van der Waals surface area contributed by atoms with E-state index in [1.165, 1.54) is 5.56 Å². The zero-order valence-corrected chi connectivity index (χ0v) is 11.2. The zero-order valence-electron chi connectivity index (χ0n) is 10.4. The maximum atomic E-state index is 11.8. The van der Waals surface area contributed by atoms with Crippen LogP contribution in [0.4, 0.5) is 5.82 Å². The summed E-state index contributed by atoms with van der Waals surface area (Å²) in [6.07, 6.45) is 4.01. The first kappa shape index (κ1) is 12.8. The van der Waals surface area contributed by atoms with E-state index in [0.717, 1.165) is 25.2 Å². The minimum Gasteiger partial charge on any atom is -0.311 e. The molecule has 0 aliphatic carbocycles. The second kappa shape index (κ2) is 6.35. The van der Waals surface area contributed by atoms with Crippen molar-refractivity contribution in [2.24, 2.45) is 0 Å². The number of nitrogens with zero attached hydrogens (tertiary/aromatic N) is 2. The van der Waals surface area contributed by atoms with Gasteiger partial charge < -0.3 is 5.32 Å². The van der Waals surface area contributed by atoms with Crippen molar-refractivity contribution >= 4 is 23.1 Å². The largest absolute Gasteiger partial charge is 0.311 e. The van der Waals surface area contributed by atoms with Gasteiger partial charge in [-0.15, -0.1) is 0 Å². The summed E-state index contributed by atoms with van der Waals surface area (Å²) in [6, 6.07) is 3.89. The maximum Gasteiger partial charge on any atom is 0.225 e. The van der Waals surface area contributed by atoms with Crippen molar-refractivity contribution in [2.75, 3.05) is 5.32 Å². The highest BCUT2D eigenvalue weighted by Crippen LogP contribution is 2.11. The molecule has 0 saturated carbocycles. The smallest absolute Gasteiger partial charge is 0.225 e. The van der Waals surface area contributed by atoms with Gasteiger partial charge in [0, 0.05) is 19.0 Å². The predicted molar refractivity (Wildman–Crippen MR) is 73.8 cm³/mol. The molecule has 2 aromatic heterocycles. The Morgan fingerprint density at radius 1 is 1.50 bits per heavy atom. The molecular weight excluding hydrogens is 246 g/mol. The van der Waals surface area contributed by atoms with Crippen LogP contribution in [0.3, 0.4) is 0 Å². The summed E-state index contributed by atoms with van der Waals surface area (Å²) in [5.41, 5.74) is 1.22. The van der Waals surface area contributed by atoms with Crippen molar-refractivity contribution < 1.29 is 4.79 Å². The molecule has 18 heavy (non-hydrogen) atoms. The van der Waals surface area contributed by atoms with E-state index in [2.05, 4.69) is 28.8 Å². The molecule has 0 radical (unpaired) electrons. The van der Waals surface area contributed by atoms with Crippen molar-refractivity contribution in [3.63, 3.8) is 0 Å². The number of amides is 1. The van der Waals surface area contributed by atoms with Gasteiger partial charge in [-0.2, -0.15) is 16.4 Å². The molecule has 0 aliphatic rings. The van der Waals surface area contributed by atoms with Gasteiger partial charge in [0.15, 0.2) is 0 Å². The lowest BCUT2D eigenvalue weighted by Crippen LogP contribution is -2.16. The summed E-state index contributed by atoms with van der Waals surface area (Å²) in [4.78, 5) is 11.8. The minimum absolute atomic E-state index is 0.0408. The normalized spacial score (nSPS) is 10.5. The molecule has 2 rings (SSSR count). The summed E-state index contributed by atoms with van der Waals surface area (Å²) in [6.45, 7) is 2.91. The number of aromatic nitrogens is 2. The predicted octanol–water partition coefficient (Wildman–Crippen LogP) is 2.93. The van der Waals surface area contributed by atoms with Gasteiger partial charge >= 0.3 is 0 Å². The van der Waals surface area contributed by atoms with Crippen molar-refractivity contribution in [3.8, 4) is 0 Å². The standard InChI is InChI=1S/C13H17N3OS/c1-2-8-16-12(5-7-14-16)15-13(17)4-3-11-6-9-18-10-11/h5-7,9-10H,2-4,8H2,1H3,(H,15,17). The van der Waals surface area contributed by atoms with Gasteiger partial charge in [0.2, 0.25) is 5.91 Å². The van der Waals surface area contributed by atoms with Crippen LogP contribution in [0.5, 0.6) is 0 Å². The Bertz CT molecular complexity index is 490. The third-order valence-corrected chi connectivity index (χ3v) is 3.37. The Kier molecular flexibility index (Phi) is 4.52. The van der Waals surface area contributed by atoms with Crippen LogP contribution in [0, 0.1) is 0 Å². The number of rotatable bonds is 6. The molecule has 0 atom stereocenters. The summed E-state index contributed by atoms with van der Waals surface area (Å²) < 4.78 is 1.82. The average molecular weight is 263 g/mol. The number of carbonyl (C=O) groups excluding carboxylic acids is 1. The first-order valence-electron chi connectivity index (χ1n) is 6.12. The topological polar surface area (TPSA) is 46.9 Å². The number of anilines is 1. The lowest BCUT2D eigenvalue weighted by molar-refractivity contribution is -0.116. The Morgan fingerprint density at radius 2 is 2.39 bits per heavy atom. The molecule has 2 heterocycles. The van der Waals surface area contributed by atoms with Crippen molar-refractivity contribution in [3.05, 3.63) is 34.7 Å². The summed E-state index contributed by atoms with van der Waals surface area (Å²) in [7, 11) is 0. The van der Waals surface area contributed by atoms with Crippen LogP contribution in [-0.2, 0) is 17.8 Å². The highest BCUT2D eigenvalue weighted by molar-refractivity contribution is 7.07. The molecule has 0 spiro atoms. The molecule has 0 unspecified atom stereocenters. The lowest BCUT2D eigenvalue weighted by Gasteiger charge is -2.07. The maximum absolute atomic E-state index is 11.8. The molecule has 1 N–H and O–H groups in total. The van der Waals surface area contributed by atoms with Gasteiger partial charge in [0.1, 0.15) is 5.82 Å². The Labute approximate surface area is 111 Å². The highest BCUT2D eigenvalue weighted by atomic mass is 32.1. The van der Waals surface area contributed by atoms with Crippen LogP contribution in [-0.4, -0.2) is 15.7 Å². The van der Waals surface area contributed by atoms with E-state index in [4.69, 9.17) is 0 Å². The molecule has 2 aromatic rings. The number of carbonyl (C=O) groups is 1. The van der Waals surface area contributed by atoms with Crippen LogP contribution in [0.15, 0.2) is 29.1 Å². The average Bonchev–Trinajstić information content (AvgIpc) is 2.99. The number of aryl methyl sites for hydroxylation is 2. The fraction of sp³-hybridized carbons (Fsp3) is 0.385. The van der Waals surface area contributed by atoms with Gasteiger partial charge in [-0.25, -0.2) is 4.68 Å². The van der Waals surface area contributed by atoms with E-state index in [9.17, 15) is 4.79 Å². The summed E-state index contributed by atoms with van der Waals surface area (Å²) in [5, 5.41) is 11.2. The number of hydrogen-bond donors (Lipinski definition) is 1. The SMILES string of the molecule is CCCn1nccc1NC(=O)CCc1ccsc1. The highest BCUT2D eigenvalue weighted by Gasteiger charge is 2.07. The van der Waals surface area contributed by atoms with E-state index >= 15 is 0 Å². The molecule has 1 amide bonds. The van der Waals surface area contributed by atoms with Gasteiger partial charge in [0.25, 0.3) is 0 Å². The van der Waals surface area contributed by atoms with Crippen LogP contribution < -0.4 is 5.32 Å². The van der Waals surface area contributed by atoms with Gasteiger partial charge in [-0.3, -0.25) is 4.79 Å². The second-order valence-electron chi connectivity index (χ2n) is 4.12. The molecule has 0 aromatic carbocycles. The van der Waals surface area contributed by atoms with Gasteiger partial charge in [0.05, 0.1) is 6.20 Å². The van der Waals surface area contributed by atoms with Gasteiger partial charge in [-0.1, -0.05) is 6.92 Å². The minimum atomic E-state index is 0.0408. The Balaban J connectivity index is 1.85. The van der Waals surface area contributed by atoms with E-state index in [0.29, 0.717) is 6.42 Å². The Morgan fingerprint density at radius 3 is 3.11 bits per heavy atom. The summed E-state index contributed by atoms with van der Waals surface area (Å²) >= 11 is 1.66. The van der Waals surface area contributed by atoms with Crippen LogP contribution in [0.25, 0.3) is 0 Å². The molecule has 0 fully saturated rings. The molecule has 0 aliphatic heterocycles. The van der Waals surface area contributed by atoms with E-state index in [1.807, 2.05) is 16.1 Å². The monoisotopic (exact) mass is 263 g/mol. The molecule has 0 bridgehead atoms. The lowest BCUT2D eigenvalue weighted by atomic mass is 10.2. The van der Waals surface area contributed by atoms with Gasteiger partial charge in [-0.05, 0) is 35.2 Å². The quantitative estimate of drug-likeness (QED) is 0.871. The number of hydrogen-bond acceptors (Lipinski definition) is 3.